The number of hydrogen-bond donors (Lipinski definition) is 9. The van der Waals surface area contributed by atoms with Crippen LogP contribution in [0.3, 0.4) is 0 Å². The van der Waals surface area contributed by atoms with Crippen LogP contribution < -0.4 is 33.2 Å². The molecule has 0 bridgehead atoms. The van der Waals surface area contributed by atoms with Gasteiger partial charge in [0.25, 0.3) is 0 Å². The van der Waals surface area contributed by atoms with Crippen LogP contribution in [-0.2, 0) is 28.8 Å². The maximum Gasteiger partial charge on any atom is 0.322 e. The largest absolute Gasteiger partial charge is 0.481 e. The molecule has 0 saturated heterocycles. The van der Waals surface area contributed by atoms with E-state index in [-0.39, 0.29) is 38.2 Å². The van der Waals surface area contributed by atoms with Gasteiger partial charge < -0.3 is 48.5 Å². The zero-order chi connectivity index (χ0) is 26.3. The fraction of sp³-hybridized carbons (Fsp3) is 0.611. The third-order valence-corrected chi connectivity index (χ3v) is 4.28. The molecule has 0 saturated carbocycles. The number of carbonyl (C=O) groups excluding carboxylic acids is 3. The van der Waals surface area contributed by atoms with Gasteiger partial charge in [-0.2, -0.15) is 0 Å². The standard InChI is InChI=1S/C18H31N7O9/c19-9(3-5-12(26)27)15(32)24-11(4-6-13(28)29)17(34)25-10(2-1-7-22-18(20)21)16(33)23-8-14(30)31/h9-11H,1-8,19H2,(H,23,33)(H,24,32)(H,25,34)(H,26,27)(H,28,29)(H,30,31)(H4,20,21,22). The summed E-state index contributed by atoms with van der Waals surface area (Å²) in [6, 6.07) is -3.93. The van der Waals surface area contributed by atoms with Gasteiger partial charge in [-0.25, -0.2) is 0 Å². The lowest BCUT2D eigenvalue weighted by molar-refractivity contribution is -0.139. The summed E-state index contributed by atoms with van der Waals surface area (Å²) in [6.45, 7) is -0.602. The van der Waals surface area contributed by atoms with Crippen molar-refractivity contribution in [1.29, 1.82) is 0 Å². The lowest BCUT2D eigenvalue weighted by Gasteiger charge is -2.23. The maximum absolute atomic E-state index is 12.8. The van der Waals surface area contributed by atoms with Crippen LogP contribution in [0.15, 0.2) is 4.99 Å². The SMILES string of the molecule is NC(N)=NCCCC(NC(=O)C(CCC(=O)O)NC(=O)C(N)CCC(=O)O)C(=O)NCC(=O)O. The monoisotopic (exact) mass is 489 g/mol. The average Bonchev–Trinajstić information content (AvgIpc) is 2.74. The molecule has 192 valence electrons. The first-order valence-electron chi connectivity index (χ1n) is 10.2. The zero-order valence-corrected chi connectivity index (χ0v) is 18.4. The Hall–Kier alpha value is -3.95. The van der Waals surface area contributed by atoms with Gasteiger partial charge in [0.1, 0.15) is 18.6 Å². The van der Waals surface area contributed by atoms with Crippen molar-refractivity contribution in [2.24, 2.45) is 22.2 Å². The summed E-state index contributed by atoms with van der Waals surface area (Å²) in [4.78, 5) is 73.4. The minimum atomic E-state index is -1.41. The zero-order valence-electron chi connectivity index (χ0n) is 18.4. The summed E-state index contributed by atoms with van der Waals surface area (Å²) in [5.74, 6) is -6.58. The number of aliphatic imine (C=N–C) groups is 1. The van der Waals surface area contributed by atoms with Crippen molar-refractivity contribution in [3.8, 4) is 0 Å². The van der Waals surface area contributed by atoms with Crippen molar-refractivity contribution in [3.05, 3.63) is 0 Å². The number of rotatable bonds is 17. The molecule has 0 spiro atoms. The summed E-state index contributed by atoms with van der Waals surface area (Å²) in [6.07, 6.45) is -1.28. The van der Waals surface area contributed by atoms with E-state index in [1.54, 1.807) is 0 Å². The fourth-order valence-corrected chi connectivity index (χ4v) is 2.56. The number of carboxylic acids is 3. The first-order valence-corrected chi connectivity index (χ1v) is 10.2. The Morgan fingerprint density at radius 1 is 0.735 bits per heavy atom. The molecule has 3 atom stereocenters. The van der Waals surface area contributed by atoms with E-state index in [9.17, 15) is 28.8 Å². The molecule has 0 aliphatic carbocycles. The van der Waals surface area contributed by atoms with E-state index in [0.29, 0.717) is 0 Å². The van der Waals surface area contributed by atoms with Crippen molar-refractivity contribution >= 4 is 41.6 Å². The predicted molar refractivity (Wildman–Crippen MR) is 116 cm³/mol. The quantitative estimate of drug-likeness (QED) is 0.0541. The molecule has 0 aromatic rings. The number of nitrogens with zero attached hydrogens (tertiary/aromatic N) is 1. The summed E-state index contributed by atoms with van der Waals surface area (Å²) < 4.78 is 0. The van der Waals surface area contributed by atoms with Crippen LogP contribution in [-0.4, -0.2) is 88.1 Å². The predicted octanol–water partition coefficient (Wildman–Crippen LogP) is -3.73. The summed E-state index contributed by atoms with van der Waals surface area (Å²) in [5.41, 5.74) is 16.1. The van der Waals surface area contributed by atoms with E-state index in [1.807, 2.05) is 0 Å². The van der Waals surface area contributed by atoms with Gasteiger partial charge >= 0.3 is 17.9 Å². The molecule has 3 unspecified atom stereocenters. The average molecular weight is 489 g/mol. The Morgan fingerprint density at radius 3 is 1.79 bits per heavy atom. The minimum absolute atomic E-state index is 0.00824. The molecule has 0 aromatic heterocycles. The van der Waals surface area contributed by atoms with E-state index in [4.69, 9.17) is 32.5 Å². The lowest BCUT2D eigenvalue weighted by atomic mass is 10.1. The van der Waals surface area contributed by atoms with Gasteiger partial charge in [0.05, 0.1) is 6.04 Å². The molecule has 16 nitrogen and oxygen atoms in total. The highest BCUT2D eigenvalue weighted by Crippen LogP contribution is 2.05. The molecular formula is C18H31N7O9. The smallest absolute Gasteiger partial charge is 0.322 e. The molecule has 0 rings (SSSR count). The molecule has 34 heavy (non-hydrogen) atoms. The van der Waals surface area contributed by atoms with Gasteiger partial charge in [-0.1, -0.05) is 0 Å². The van der Waals surface area contributed by atoms with Crippen LogP contribution in [0.25, 0.3) is 0 Å². The van der Waals surface area contributed by atoms with Crippen LogP contribution in [0, 0.1) is 0 Å². The molecule has 12 N–H and O–H groups in total. The highest BCUT2D eigenvalue weighted by molar-refractivity contribution is 5.94. The van der Waals surface area contributed by atoms with Gasteiger partial charge in [0.2, 0.25) is 17.7 Å². The second-order valence-corrected chi connectivity index (χ2v) is 7.15. The summed E-state index contributed by atoms with van der Waals surface area (Å²) in [5, 5.41) is 33.1. The van der Waals surface area contributed by atoms with Crippen molar-refractivity contribution in [2.75, 3.05) is 13.1 Å². The number of hydrogen-bond acceptors (Lipinski definition) is 8. The number of nitrogens with two attached hydrogens (primary N) is 3. The Balaban J connectivity index is 5.38. The van der Waals surface area contributed by atoms with Gasteiger partial charge in [-0.05, 0) is 25.7 Å². The van der Waals surface area contributed by atoms with E-state index in [2.05, 4.69) is 20.9 Å². The van der Waals surface area contributed by atoms with E-state index < -0.39 is 73.1 Å². The van der Waals surface area contributed by atoms with Crippen LogP contribution >= 0.6 is 0 Å². The highest BCUT2D eigenvalue weighted by atomic mass is 16.4. The van der Waals surface area contributed by atoms with Crippen molar-refractivity contribution in [1.82, 2.24) is 16.0 Å². The van der Waals surface area contributed by atoms with E-state index in [0.717, 1.165) is 0 Å². The van der Waals surface area contributed by atoms with Crippen molar-refractivity contribution in [2.45, 2.75) is 56.7 Å². The van der Waals surface area contributed by atoms with Crippen LogP contribution in [0.4, 0.5) is 0 Å². The van der Waals surface area contributed by atoms with Crippen LogP contribution in [0.5, 0.6) is 0 Å². The fourth-order valence-electron chi connectivity index (χ4n) is 2.56. The molecule has 0 aromatic carbocycles. The molecule has 0 aliphatic heterocycles. The highest BCUT2D eigenvalue weighted by Gasteiger charge is 2.28. The Bertz CT molecular complexity index is 784. The number of carboxylic acid groups (broad SMARTS) is 3. The normalized spacial score (nSPS) is 13.0. The van der Waals surface area contributed by atoms with Crippen molar-refractivity contribution < 1.29 is 44.1 Å². The lowest BCUT2D eigenvalue weighted by Crippen LogP contribution is -2.56. The summed E-state index contributed by atoms with van der Waals surface area (Å²) >= 11 is 0. The van der Waals surface area contributed by atoms with E-state index >= 15 is 0 Å². The summed E-state index contributed by atoms with van der Waals surface area (Å²) in [7, 11) is 0. The molecule has 16 heteroatoms. The molecular weight excluding hydrogens is 458 g/mol. The number of nitrogens with one attached hydrogen (secondary N) is 3. The van der Waals surface area contributed by atoms with Gasteiger partial charge in [0, 0.05) is 19.4 Å². The molecule has 0 radical (unpaired) electrons. The topological polar surface area (TPSA) is 290 Å². The first-order chi connectivity index (χ1) is 15.8. The van der Waals surface area contributed by atoms with E-state index in [1.165, 1.54) is 0 Å². The molecule has 0 fully saturated rings. The van der Waals surface area contributed by atoms with Gasteiger partial charge in [-0.15, -0.1) is 0 Å². The Morgan fingerprint density at radius 2 is 1.26 bits per heavy atom. The minimum Gasteiger partial charge on any atom is -0.481 e. The number of guanidine groups is 1. The third-order valence-electron chi connectivity index (χ3n) is 4.28. The molecule has 3 amide bonds. The van der Waals surface area contributed by atoms with Gasteiger partial charge in [-0.3, -0.25) is 33.8 Å². The van der Waals surface area contributed by atoms with Crippen LogP contribution in [0.2, 0.25) is 0 Å². The number of aliphatic carboxylic acids is 3. The second kappa shape index (κ2) is 15.8. The third kappa shape index (κ3) is 14.2. The molecule has 0 heterocycles. The number of amides is 3. The second-order valence-electron chi connectivity index (χ2n) is 7.15. The van der Waals surface area contributed by atoms with Crippen molar-refractivity contribution in [3.63, 3.8) is 0 Å². The Labute approximate surface area is 194 Å². The van der Waals surface area contributed by atoms with Gasteiger partial charge in [0.15, 0.2) is 5.96 Å². The first kappa shape index (κ1) is 30.1. The number of carbonyl (C=O) groups is 6. The maximum atomic E-state index is 12.8. The van der Waals surface area contributed by atoms with Crippen LogP contribution in [0.1, 0.15) is 38.5 Å². The Kier molecular flexibility index (Phi) is 14.0. The molecule has 0 aliphatic rings.